The Morgan fingerprint density at radius 1 is 0.871 bits per heavy atom. The van der Waals surface area contributed by atoms with Crippen LogP contribution in [0.25, 0.3) is 0 Å². The van der Waals surface area contributed by atoms with Gasteiger partial charge in [0.15, 0.2) is 6.61 Å². The van der Waals surface area contributed by atoms with Gasteiger partial charge < -0.3 is 9.47 Å². The third-order valence-corrected chi connectivity index (χ3v) is 4.63. The first-order chi connectivity index (χ1) is 14.9. The monoisotopic (exact) mass is 476 g/mol. The minimum atomic E-state index is -0.601. The van der Waals surface area contributed by atoms with Gasteiger partial charge in [0.2, 0.25) is 0 Å². The fraction of sp³-hybridized carbons (Fsp3) is 0.0455. The zero-order chi connectivity index (χ0) is 22.2. The number of rotatable bonds is 7. The predicted octanol–water partition coefficient (Wildman–Crippen LogP) is 5.40. The topological polar surface area (TPSA) is 77.0 Å². The molecular weight excluding hydrogens is 463 g/mol. The summed E-state index contributed by atoms with van der Waals surface area (Å²) in [5.74, 6) is -0.172. The van der Waals surface area contributed by atoms with Crippen LogP contribution >= 0.6 is 34.8 Å². The van der Waals surface area contributed by atoms with Crippen LogP contribution in [0.15, 0.2) is 71.8 Å². The minimum absolute atomic E-state index is 0.193. The molecule has 0 saturated carbocycles. The molecule has 0 unspecified atom stereocenters. The first-order valence-corrected chi connectivity index (χ1v) is 10.0. The van der Waals surface area contributed by atoms with Gasteiger partial charge in [-0.25, -0.2) is 10.2 Å². The van der Waals surface area contributed by atoms with E-state index in [1.165, 1.54) is 18.3 Å². The van der Waals surface area contributed by atoms with Crippen molar-refractivity contribution in [3.05, 3.63) is 92.9 Å². The van der Waals surface area contributed by atoms with Crippen LogP contribution in [0.1, 0.15) is 15.9 Å². The lowest BCUT2D eigenvalue weighted by Crippen LogP contribution is -2.24. The second-order valence-electron chi connectivity index (χ2n) is 6.12. The Morgan fingerprint density at radius 3 is 2.19 bits per heavy atom. The van der Waals surface area contributed by atoms with E-state index in [9.17, 15) is 9.59 Å². The highest BCUT2D eigenvalue weighted by Gasteiger charge is 2.13. The van der Waals surface area contributed by atoms with E-state index in [2.05, 4.69) is 10.5 Å². The first kappa shape index (κ1) is 22.6. The molecule has 0 heterocycles. The van der Waals surface area contributed by atoms with Crippen LogP contribution in [-0.2, 0) is 4.79 Å². The average molecular weight is 478 g/mol. The van der Waals surface area contributed by atoms with Gasteiger partial charge in [0.1, 0.15) is 11.5 Å². The van der Waals surface area contributed by atoms with Crippen molar-refractivity contribution < 1.29 is 19.1 Å². The van der Waals surface area contributed by atoms with E-state index < -0.39 is 11.9 Å². The van der Waals surface area contributed by atoms with Crippen LogP contribution in [-0.4, -0.2) is 24.7 Å². The van der Waals surface area contributed by atoms with Gasteiger partial charge in [0.05, 0.1) is 16.8 Å². The maximum absolute atomic E-state index is 12.2. The standard InChI is InChI=1S/C22H15Cl3N2O4/c23-15-3-8-17(9-4-15)30-13-21(28)27-26-12-14-1-6-18(7-2-14)31-22(29)19-10-5-16(24)11-20(19)25/h1-12H,13H2,(H,27,28)/b26-12+. The number of benzene rings is 3. The number of carbonyl (C=O) groups is 2. The van der Waals surface area contributed by atoms with Crippen molar-refractivity contribution >= 4 is 52.9 Å². The third-order valence-electron chi connectivity index (χ3n) is 3.83. The van der Waals surface area contributed by atoms with Crippen LogP contribution in [0, 0.1) is 0 Å². The highest BCUT2D eigenvalue weighted by Crippen LogP contribution is 2.23. The number of hydrogen-bond acceptors (Lipinski definition) is 5. The molecule has 31 heavy (non-hydrogen) atoms. The molecule has 0 fully saturated rings. The van der Waals surface area contributed by atoms with Crippen LogP contribution in [0.4, 0.5) is 0 Å². The second-order valence-corrected chi connectivity index (χ2v) is 7.40. The highest BCUT2D eigenvalue weighted by molar-refractivity contribution is 6.36. The van der Waals surface area contributed by atoms with Gasteiger partial charge in [-0.3, -0.25) is 4.79 Å². The zero-order valence-corrected chi connectivity index (χ0v) is 18.1. The Balaban J connectivity index is 1.48. The first-order valence-electron chi connectivity index (χ1n) is 8.88. The molecule has 158 valence electrons. The van der Waals surface area contributed by atoms with E-state index in [4.69, 9.17) is 44.3 Å². The summed E-state index contributed by atoms with van der Waals surface area (Å²) in [5.41, 5.74) is 3.25. The van der Waals surface area contributed by atoms with Crippen molar-refractivity contribution in [3.8, 4) is 11.5 Å². The van der Waals surface area contributed by atoms with E-state index in [-0.39, 0.29) is 17.2 Å². The smallest absolute Gasteiger partial charge is 0.345 e. The highest BCUT2D eigenvalue weighted by atomic mass is 35.5. The molecule has 0 aliphatic carbocycles. The van der Waals surface area contributed by atoms with Crippen molar-refractivity contribution in [2.45, 2.75) is 0 Å². The fourth-order valence-corrected chi connectivity index (χ4v) is 2.94. The molecule has 0 aliphatic rings. The summed E-state index contributed by atoms with van der Waals surface area (Å²) in [6.45, 7) is -0.193. The molecule has 9 heteroatoms. The molecule has 0 spiro atoms. The Bertz CT molecular complexity index is 1100. The summed E-state index contributed by atoms with van der Waals surface area (Å²) in [5, 5.41) is 5.07. The number of esters is 1. The van der Waals surface area contributed by atoms with Gasteiger partial charge in [-0.2, -0.15) is 5.10 Å². The van der Waals surface area contributed by atoms with Crippen molar-refractivity contribution in [3.63, 3.8) is 0 Å². The largest absolute Gasteiger partial charge is 0.484 e. The van der Waals surface area contributed by atoms with E-state index >= 15 is 0 Å². The van der Waals surface area contributed by atoms with Gasteiger partial charge in [-0.05, 0) is 72.3 Å². The number of ether oxygens (including phenoxy) is 2. The van der Waals surface area contributed by atoms with Crippen molar-refractivity contribution in [2.24, 2.45) is 5.10 Å². The van der Waals surface area contributed by atoms with Crippen LogP contribution in [0.3, 0.4) is 0 Å². The summed E-state index contributed by atoms with van der Waals surface area (Å²) >= 11 is 17.6. The average Bonchev–Trinajstić information content (AvgIpc) is 2.74. The molecule has 0 aromatic heterocycles. The lowest BCUT2D eigenvalue weighted by atomic mass is 10.2. The normalized spacial score (nSPS) is 10.7. The molecular formula is C22H15Cl3N2O4. The number of hydrazone groups is 1. The summed E-state index contributed by atoms with van der Waals surface area (Å²) in [4.78, 5) is 24.0. The molecule has 3 rings (SSSR count). The molecule has 3 aromatic carbocycles. The molecule has 0 saturated heterocycles. The van der Waals surface area contributed by atoms with Gasteiger partial charge in [-0.1, -0.05) is 34.8 Å². The number of hydrogen-bond donors (Lipinski definition) is 1. The maximum Gasteiger partial charge on any atom is 0.345 e. The zero-order valence-electron chi connectivity index (χ0n) is 15.8. The third kappa shape index (κ3) is 7.00. The summed E-state index contributed by atoms with van der Waals surface area (Å²) in [6, 6.07) is 17.7. The van der Waals surface area contributed by atoms with Gasteiger partial charge in [0.25, 0.3) is 5.91 Å². The van der Waals surface area contributed by atoms with Crippen LogP contribution in [0.2, 0.25) is 15.1 Å². The molecule has 0 radical (unpaired) electrons. The number of carbonyl (C=O) groups excluding carboxylic acids is 2. The maximum atomic E-state index is 12.2. The minimum Gasteiger partial charge on any atom is -0.484 e. The predicted molar refractivity (Wildman–Crippen MR) is 121 cm³/mol. The van der Waals surface area contributed by atoms with Gasteiger partial charge in [-0.15, -0.1) is 0 Å². The Hall–Kier alpha value is -3.06. The second kappa shape index (κ2) is 10.8. The van der Waals surface area contributed by atoms with Crippen molar-refractivity contribution in [1.82, 2.24) is 5.43 Å². The molecule has 0 bridgehead atoms. The SMILES string of the molecule is O=C(COc1ccc(Cl)cc1)N/N=C/c1ccc(OC(=O)c2ccc(Cl)cc2Cl)cc1. The number of nitrogens with zero attached hydrogens (tertiary/aromatic N) is 1. The van der Waals surface area contributed by atoms with Gasteiger partial charge in [0, 0.05) is 10.0 Å². The Labute approximate surface area is 193 Å². The molecule has 1 N–H and O–H groups in total. The van der Waals surface area contributed by atoms with E-state index in [0.717, 1.165) is 0 Å². The number of halogens is 3. The molecule has 0 atom stereocenters. The van der Waals surface area contributed by atoms with Crippen LogP contribution < -0.4 is 14.9 Å². The lowest BCUT2D eigenvalue weighted by molar-refractivity contribution is -0.123. The van der Waals surface area contributed by atoms with Gasteiger partial charge >= 0.3 is 5.97 Å². The van der Waals surface area contributed by atoms with Crippen molar-refractivity contribution in [1.29, 1.82) is 0 Å². The quantitative estimate of drug-likeness (QED) is 0.214. The van der Waals surface area contributed by atoms with E-state index in [1.54, 1.807) is 54.6 Å². The molecule has 3 aromatic rings. The lowest BCUT2D eigenvalue weighted by Gasteiger charge is -2.06. The molecule has 6 nitrogen and oxygen atoms in total. The Kier molecular flexibility index (Phi) is 7.89. The van der Waals surface area contributed by atoms with E-state index in [0.29, 0.717) is 27.1 Å². The fourth-order valence-electron chi connectivity index (χ4n) is 2.33. The number of amides is 1. The molecule has 0 aliphatic heterocycles. The molecule has 1 amide bonds. The summed E-state index contributed by atoms with van der Waals surface area (Å²) in [6.07, 6.45) is 1.45. The van der Waals surface area contributed by atoms with E-state index in [1.807, 2.05) is 0 Å². The summed E-state index contributed by atoms with van der Waals surface area (Å²) < 4.78 is 10.6. The van der Waals surface area contributed by atoms with Crippen molar-refractivity contribution in [2.75, 3.05) is 6.61 Å². The number of nitrogens with one attached hydrogen (secondary N) is 1. The van der Waals surface area contributed by atoms with Crippen LogP contribution in [0.5, 0.6) is 11.5 Å². The summed E-state index contributed by atoms with van der Waals surface area (Å²) in [7, 11) is 0. The Morgan fingerprint density at radius 2 is 1.52 bits per heavy atom.